The molecule has 0 aliphatic heterocycles. The largest absolute Gasteiger partial charge is 0.408 e. The lowest BCUT2D eigenvalue weighted by Gasteiger charge is -2.42. The van der Waals surface area contributed by atoms with Gasteiger partial charge in [-0.3, -0.25) is 0 Å². The third kappa shape index (κ3) is 7.02. The number of aliphatic hydroxyl groups is 1. The van der Waals surface area contributed by atoms with E-state index in [2.05, 4.69) is 39.2 Å². The number of benzene rings is 2. The molecule has 2 aromatic rings. The zero-order chi connectivity index (χ0) is 24.3. The number of hydrogen-bond acceptors (Lipinski definition) is 3. The number of aliphatic hydroxyl groups excluding tert-OH is 1. The summed E-state index contributed by atoms with van der Waals surface area (Å²) < 4.78 is 21.4. The average Bonchev–Trinajstić information content (AvgIpc) is 2.68. The molecule has 0 amide bonds. The van der Waals surface area contributed by atoms with Gasteiger partial charge >= 0.3 is 0 Å². The van der Waals surface area contributed by atoms with Crippen molar-refractivity contribution in [1.82, 2.24) is 5.32 Å². The highest BCUT2D eigenvalue weighted by atomic mass is 35.5. The molecule has 0 aliphatic carbocycles. The monoisotopic (exact) mass is 499 g/mol. The fraction of sp³-hybridized carbons (Fsp3) is 0.520. The normalized spacial score (nSPS) is 15.6. The van der Waals surface area contributed by atoms with Gasteiger partial charge in [-0.25, -0.2) is 4.39 Å². The summed E-state index contributed by atoms with van der Waals surface area (Å²) in [5.74, 6) is -0.409. The molecule has 0 unspecified atom stereocenters. The Hall–Kier alpha value is -0.953. The molecule has 0 aliphatic rings. The van der Waals surface area contributed by atoms with Crippen LogP contribution in [0.1, 0.15) is 57.9 Å². The van der Waals surface area contributed by atoms with Gasteiger partial charge in [0.15, 0.2) is 8.32 Å². The molecule has 2 rings (SSSR count). The van der Waals surface area contributed by atoms with Crippen LogP contribution in [0.15, 0.2) is 42.5 Å². The van der Waals surface area contributed by atoms with Crippen LogP contribution in [0, 0.1) is 11.7 Å². The molecule has 0 fully saturated rings. The van der Waals surface area contributed by atoms with E-state index in [9.17, 15) is 9.50 Å². The van der Waals surface area contributed by atoms with Crippen LogP contribution in [0.25, 0.3) is 0 Å². The van der Waals surface area contributed by atoms with Crippen molar-refractivity contribution in [3.63, 3.8) is 0 Å². The van der Waals surface area contributed by atoms with Crippen LogP contribution in [0.4, 0.5) is 4.39 Å². The minimum Gasteiger partial charge on any atom is -0.408 e. The second-order valence-electron chi connectivity index (χ2n) is 10.2. The van der Waals surface area contributed by atoms with Crippen molar-refractivity contribution >= 4 is 31.5 Å². The van der Waals surface area contributed by atoms with E-state index in [1.54, 1.807) is 12.1 Å². The minimum atomic E-state index is -2.23. The summed E-state index contributed by atoms with van der Waals surface area (Å²) >= 11 is 12.3. The van der Waals surface area contributed by atoms with Crippen molar-refractivity contribution < 1.29 is 13.9 Å². The first-order valence-corrected chi connectivity index (χ1v) is 14.7. The van der Waals surface area contributed by atoms with Crippen LogP contribution in [-0.4, -0.2) is 26.1 Å². The molecule has 0 radical (unpaired) electrons. The molecular formula is C25H36Cl2FNO2Si. The summed E-state index contributed by atoms with van der Waals surface area (Å²) in [6, 6.07) is 12.0. The van der Waals surface area contributed by atoms with Crippen LogP contribution >= 0.6 is 23.2 Å². The smallest absolute Gasteiger partial charge is 0.193 e. The Bertz CT molecular complexity index is 902. The van der Waals surface area contributed by atoms with Gasteiger partial charge in [-0.15, -0.1) is 0 Å². The molecule has 0 saturated carbocycles. The molecule has 178 valence electrons. The zero-order valence-electron chi connectivity index (χ0n) is 20.0. The molecule has 0 bridgehead atoms. The second-order valence-corrected chi connectivity index (χ2v) is 15.8. The van der Waals surface area contributed by atoms with Crippen molar-refractivity contribution in [2.45, 2.75) is 71.0 Å². The summed E-state index contributed by atoms with van der Waals surface area (Å²) in [6.07, 6.45) is -0.989. The van der Waals surface area contributed by atoms with Gasteiger partial charge in [-0.1, -0.05) is 76.0 Å². The molecule has 0 aromatic heterocycles. The summed E-state index contributed by atoms with van der Waals surface area (Å²) in [6.45, 7) is 15.2. The SMILES string of the molecule is CC(C)[C@@H](O)CN[C@H](c1ccc(Cl)c(F)c1)[C@H](O[Si](C)(C)C(C)(C)C)c1cccc(Cl)c1. The van der Waals surface area contributed by atoms with E-state index in [-0.39, 0.29) is 16.0 Å². The van der Waals surface area contributed by atoms with Crippen LogP contribution in [0.2, 0.25) is 28.2 Å². The fourth-order valence-corrected chi connectivity index (χ4v) is 4.67. The Morgan fingerprint density at radius 2 is 1.72 bits per heavy atom. The van der Waals surface area contributed by atoms with Crippen LogP contribution < -0.4 is 5.32 Å². The molecule has 32 heavy (non-hydrogen) atoms. The summed E-state index contributed by atoms with van der Waals surface area (Å²) in [7, 11) is -2.23. The van der Waals surface area contributed by atoms with Crippen LogP contribution in [0.5, 0.6) is 0 Å². The van der Waals surface area contributed by atoms with Gasteiger partial charge in [0.2, 0.25) is 0 Å². The van der Waals surface area contributed by atoms with Crippen molar-refractivity contribution in [2.24, 2.45) is 5.92 Å². The molecule has 2 N–H and O–H groups in total. The molecule has 3 nitrogen and oxygen atoms in total. The zero-order valence-corrected chi connectivity index (χ0v) is 22.6. The van der Waals surface area contributed by atoms with E-state index in [0.717, 1.165) is 5.56 Å². The summed E-state index contributed by atoms with van der Waals surface area (Å²) in [5.41, 5.74) is 1.60. The predicted molar refractivity (Wildman–Crippen MR) is 135 cm³/mol. The summed E-state index contributed by atoms with van der Waals surface area (Å²) in [5, 5.41) is 14.6. The van der Waals surface area contributed by atoms with Gasteiger partial charge in [-0.05, 0) is 59.4 Å². The number of nitrogens with one attached hydrogen (secondary N) is 1. The maximum atomic E-state index is 14.5. The Balaban J connectivity index is 2.59. The molecule has 7 heteroatoms. The van der Waals surface area contributed by atoms with Gasteiger partial charge in [0.05, 0.1) is 23.3 Å². The van der Waals surface area contributed by atoms with E-state index in [4.69, 9.17) is 27.6 Å². The maximum Gasteiger partial charge on any atom is 0.193 e. The van der Waals surface area contributed by atoms with Gasteiger partial charge < -0.3 is 14.8 Å². The Morgan fingerprint density at radius 1 is 1.06 bits per heavy atom. The highest BCUT2D eigenvalue weighted by Crippen LogP contribution is 2.44. The number of halogens is 3. The van der Waals surface area contributed by atoms with Crippen molar-refractivity contribution in [1.29, 1.82) is 0 Å². The standard InChI is InChI=1S/C25H36Cl2FNO2Si/c1-16(2)22(30)15-29-23(17-11-12-20(27)21(28)14-17)24(18-9-8-10-19(26)13-18)31-32(6,7)25(3,4)5/h8-14,16,22-24,29-30H,15H2,1-7H3/t22-,23+,24+/m0/s1. The Morgan fingerprint density at radius 3 is 2.25 bits per heavy atom. The Kier molecular flexibility index (Phi) is 9.37. The van der Waals surface area contributed by atoms with Gasteiger partial charge in [0.25, 0.3) is 0 Å². The number of hydrogen-bond donors (Lipinski definition) is 2. The third-order valence-electron chi connectivity index (χ3n) is 6.33. The van der Waals surface area contributed by atoms with E-state index >= 15 is 0 Å². The second kappa shape index (κ2) is 11.0. The lowest BCUT2D eigenvalue weighted by Crippen LogP contribution is -2.45. The molecular weight excluding hydrogens is 464 g/mol. The van der Waals surface area contributed by atoms with Crippen LogP contribution in [0.3, 0.4) is 0 Å². The van der Waals surface area contributed by atoms with Crippen molar-refractivity contribution in [3.8, 4) is 0 Å². The van der Waals surface area contributed by atoms with E-state index < -0.39 is 32.4 Å². The molecule has 2 aromatic carbocycles. The van der Waals surface area contributed by atoms with Crippen molar-refractivity contribution in [2.75, 3.05) is 6.54 Å². The van der Waals surface area contributed by atoms with Gasteiger partial charge in [-0.2, -0.15) is 0 Å². The van der Waals surface area contributed by atoms with E-state index in [1.165, 1.54) is 6.07 Å². The highest BCUT2D eigenvalue weighted by Gasteiger charge is 2.41. The molecule has 0 saturated heterocycles. The summed E-state index contributed by atoms with van der Waals surface area (Å²) in [4.78, 5) is 0. The lowest BCUT2D eigenvalue weighted by molar-refractivity contribution is 0.0954. The van der Waals surface area contributed by atoms with Gasteiger partial charge in [0, 0.05) is 11.6 Å². The fourth-order valence-electron chi connectivity index (χ4n) is 3.10. The minimum absolute atomic E-state index is 0.0307. The highest BCUT2D eigenvalue weighted by molar-refractivity contribution is 6.74. The van der Waals surface area contributed by atoms with Gasteiger partial charge in [0.1, 0.15) is 5.82 Å². The first-order valence-electron chi connectivity index (χ1n) is 11.0. The Labute approximate surface area is 203 Å². The molecule has 3 atom stereocenters. The topological polar surface area (TPSA) is 41.5 Å². The van der Waals surface area contributed by atoms with E-state index in [0.29, 0.717) is 17.1 Å². The average molecular weight is 501 g/mol. The van der Waals surface area contributed by atoms with Crippen LogP contribution in [-0.2, 0) is 4.43 Å². The molecule has 0 spiro atoms. The van der Waals surface area contributed by atoms with E-state index in [1.807, 2.05) is 38.1 Å². The number of rotatable bonds is 9. The predicted octanol–water partition coefficient (Wildman–Crippen LogP) is 7.54. The maximum absolute atomic E-state index is 14.5. The lowest BCUT2D eigenvalue weighted by atomic mass is 9.95. The van der Waals surface area contributed by atoms with Crippen molar-refractivity contribution in [3.05, 3.63) is 69.5 Å². The first kappa shape index (κ1) is 27.3. The molecule has 0 heterocycles. The third-order valence-corrected chi connectivity index (χ3v) is 11.3. The quantitative estimate of drug-likeness (QED) is 0.350. The first-order chi connectivity index (χ1) is 14.7.